The van der Waals surface area contributed by atoms with Crippen LogP contribution >= 0.6 is 11.3 Å². The summed E-state index contributed by atoms with van der Waals surface area (Å²) >= 11 is 1.21. The predicted molar refractivity (Wildman–Crippen MR) is 96.5 cm³/mol. The number of carbonyl (C=O) groups excluding carboxylic acids is 1. The Morgan fingerprint density at radius 3 is 2.89 bits per heavy atom. The zero-order chi connectivity index (χ0) is 19.5. The smallest absolute Gasteiger partial charge is 0.271 e. The molecule has 1 aromatic heterocycles. The third kappa shape index (κ3) is 4.04. The van der Waals surface area contributed by atoms with Gasteiger partial charge in [-0.15, -0.1) is 11.3 Å². The molecule has 0 saturated carbocycles. The van der Waals surface area contributed by atoms with Crippen molar-refractivity contribution in [1.29, 1.82) is 0 Å². The Balaban J connectivity index is 1.32. The van der Waals surface area contributed by atoms with E-state index in [1.165, 1.54) is 17.4 Å². The van der Waals surface area contributed by atoms with Crippen molar-refractivity contribution in [2.24, 2.45) is 0 Å². The molecule has 144 valence electrons. The van der Waals surface area contributed by atoms with Gasteiger partial charge >= 0.3 is 0 Å². The fourth-order valence-electron chi connectivity index (χ4n) is 2.54. The maximum atomic E-state index is 13.6. The Morgan fingerprint density at radius 1 is 1.18 bits per heavy atom. The molecule has 0 fully saturated rings. The summed E-state index contributed by atoms with van der Waals surface area (Å²) < 4.78 is 42.3. The zero-order valence-electron chi connectivity index (χ0n) is 14.4. The number of aromatic nitrogens is 1. The summed E-state index contributed by atoms with van der Waals surface area (Å²) in [4.78, 5) is 16.4. The zero-order valence-corrected chi connectivity index (χ0v) is 15.2. The van der Waals surface area contributed by atoms with E-state index in [-0.39, 0.29) is 30.8 Å². The van der Waals surface area contributed by atoms with Gasteiger partial charge in [-0.25, -0.2) is 13.8 Å². The van der Waals surface area contributed by atoms with E-state index in [9.17, 15) is 13.6 Å². The summed E-state index contributed by atoms with van der Waals surface area (Å²) in [5.41, 5.74) is 1.10. The molecule has 1 amide bonds. The molecule has 0 saturated heterocycles. The van der Waals surface area contributed by atoms with Crippen LogP contribution in [0.5, 0.6) is 17.2 Å². The number of nitrogens with zero attached hydrogens (tertiary/aromatic N) is 1. The van der Waals surface area contributed by atoms with Crippen LogP contribution in [-0.2, 0) is 13.2 Å². The minimum absolute atomic E-state index is 0.0251. The summed E-state index contributed by atoms with van der Waals surface area (Å²) in [5, 5.41) is 4.86. The van der Waals surface area contributed by atoms with E-state index in [0.717, 1.165) is 17.7 Å². The molecule has 1 aliphatic heterocycles. The second kappa shape index (κ2) is 7.81. The Morgan fingerprint density at radius 2 is 2.04 bits per heavy atom. The minimum atomic E-state index is -0.793. The van der Waals surface area contributed by atoms with E-state index in [1.54, 1.807) is 17.5 Å². The molecule has 0 aliphatic carbocycles. The number of hydrogen-bond donors (Lipinski definition) is 1. The van der Waals surface area contributed by atoms with E-state index in [1.807, 2.05) is 6.07 Å². The summed E-state index contributed by atoms with van der Waals surface area (Å²) in [6.45, 7) is 0.471. The Hall–Kier alpha value is -3.20. The summed E-state index contributed by atoms with van der Waals surface area (Å²) in [6, 6.07) is 8.49. The molecule has 0 spiro atoms. The van der Waals surface area contributed by atoms with Gasteiger partial charge in [0.2, 0.25) is 6.79 Å². The highest BCUT2D eigenvalue weighted by Crippen LogP contribution is 2.32. The van der Waals surface area contributed by atoms with Gasteiger partial charge in [0.15, 0.2) is 23.1 Å². The molecule has 6 nitrogen and oxygen atoms in total. The average Bonchev–Trinajstić information content (AvgIpc) is 3.34. The summed E-state index contributed by atoms with van der Waals surface area (Å²) in [7, 11) is 0. The maximum Gasteiger partial charge on any atom is 0.271 e. The molecule has 0 radical (unpaired) electrons. The van der Waals surface area contributed by atoms with Crippen LogP contribution in [0.15, 0.2) is 41.8 Å². The largest absolute Gasteiger partial charge is 0.483 e. The molecule has 0 atom stereocenters. The lowest BCUT2D eigenvalue weighted by Gasteiger charge is -2.05. The molecule has 0 bridgehead atoms. The van der Waals surface area contributed by atoms with E-state index in [0.29, 0.717) is 23.1 Å². The van der Waals surface area contributed by atoms with Crippen LogP contribution in [-0.4, -0.2) is 17.7 Å². The lowest BCUT2D eigenvalue weighted by Crippen LogP contribution is -2.23. The van der Waals surface area contributed by atoms with Crippen molar-refractivity contribution in [3.63, 3.8) is 0 Å². The first-order valence-electron chi connectivity index (χ1n) is 8.27. The number of thiazole rings is 1. The number of halogens is 2. The van der Waals surface area contributed by atoms with E-state index < -0.39 is 11.6 Å². The van der Waals surface area contributed by atoms with Gasteiger partial charge in [-0.3, -0.25) is 4.79 Å². The average molecular weight is 404 g/mol. The summed E-state index contributed by atoms with van der Waals surface area (Å²) in [5.74, 6) is -0.568. The van der Waals surface area contributed by atoms with Gasteiger partial charge in [0.05, 0.1) is 0 Å². The monoisotopic (exact) mass is 404 g/mol. The van der Waals surface area contributed by atoms with E-state index >= 15 is 0 Å². The number of nitrogens with one attached hydrogen (secondary N) is 1. The van der Waals surface area contributed by atoms with Crippen LogP contribution in [0.25, 0.3) is 0 Å². The number of amides is 1. The van der Waals surface area contributed by atoms with Gasteiger partial charge in [0.1, 0.15) is 23.1 Å². The van der Waals surface area contributed by atoms with E-state index in [2.05, 4.69) is 10.3 Å². The molecule has 0 unspecified atom stereocenters. The fourth-order valence-corrected chi connectivity index (χ4v) is 3.22. The second-order valence-electron chi connectivity index (χ2n) is 5.86. The van der Waals surface area contributed by atoms with Gasteiger partial charge in [0, 0.05) is 18.0 Å². The van der Waals surface area contributed by atoms with Crippen molar-refractivity contribution in [1.82, 2.24) is 10.3 Å². The Bertz CT molecular complexity index is 1020. The first-order valence-corrected chi connectivity index (χ1v) is 9.15. The van der Waals surface area contributed by atoms with Crippen molar-refractivity contribution < 1.29 is 27.8 Å². The number of hydrogen-bond acceptors (Lipinski definition) is 6. The van der Waals surface area contributed by atoms with Crippen LogP contribution in [0.3, 0.4) is 0 Å². The van der Waals surface area contributed by atoms with Crippen LogP contribution < -0.4 is 19.5 Å². The van der Waals surface area contributed by atoms with Gasteiger partial charge < -0.3 is 19.5 Å². The Kier molecular flexibility index (Phi) is 5.07. The van der Waals surface area contributed by atoms with Crippen LogP contribution in [0.4, 0.5) is 8.78 Å². The van der Waals surface area contributed by atoms with Gasteiger partial charge in [0.25, 0.3) is 5.91 Å². The molecule has 4 rings (SSSR count). The lowest BCUT2D eigenvalue weighted by molar-refractivity contribution is 0.0946. The normalized spacial score (nSPS) is 12.1. The first kappa shape index (κ1) is 18.2. The molecule has 2 aromatic carbocycles. The minimum Gasteiger partial charge on any atom is -0.483 e. The lowest BCUT2D eigenvalue weighted by atomic mass is 10.2. The molecule has 2 heterocycles. The number of carbonyl (C=O) groups is 1. The van der Waals surface area contributed by atoms with Crippen LogP contribution in [0.2, 0.25) is 0 Å². The molecule has 28 heavy (non-hydrogen) atoms. The molecular formula is C19H14F2N2O4S. The molecule has 3 aromatic rings. The number of benzene rings is 2. The molecule has 1 N–H and O–H groups in total. The second-order valence-corrected chi connectivity index (χ2v) is 6.80. The maximum absolute atomic E-state index is 13.6. The molecular weight excluding hydrogens is 390 g/mol. The Labute approximate surface area is 162 Å². The molecule has 9 heteroatoms. The van der Waals surface area contributed by atoms with Crippen molar-refractivity contribution in [3.8, 4) is 17.2 Å². The number of ether oxygens (including phenoxy) is 3. The highest BCUT2D eigenvalue weighted by Gasteiger charge is 2.15. The molecule has 1 aliphatic rings. The van der Waals surface area contributed by atoms with Crippen molar-refractivity contribution in [3.05, 3.63) is 69.7 Å². The predicted octanol–water partition coefficient (Wildman–Crippen LogP) is 3.66. The topological polar surface area (TPSA) is 69.7 Å². The highest BCUT2D eigenvalue weighted by atomic mass is 32.1. The van der Waals surface area contributed by atoms with Crippen molar-refractivity contribution in [2.45, 2.75) is 13.2 Å². The van der Waals surface area contributed by atoms with Gasteiger partial charge in [-0.1, -0.05) is 6.07 Å². The quantitative estimate of drug-likeness (QED) is 0.679. The van der Waals surface area contributed by atoms with Crippen LogP contribution in [0.1, 0.15) is 21.1 Å². The number of rotatable bonds is 6. The highest BCUT2D eigenvalue weighted by molar-refractivity contribution is 7.09. The standard InChI is InChI=1S/C19H14F2N2O4S/c20-12-2-4-15(13(21)6-12)25-8-18-23-14(9-28-18)19(24)22-7-11-1-3-16-17(5-11)27-10-26-16/h1-6,9H,7-8,10H2,(H,22,24). The third-order valence-corrected chi connectivity index (χ3v) is 4.74. The van der Waals surface area contributed by atoms with Crippen molar-refractivity contribution >= 4 is 17.2 Å². The van der Waals surface area contributed by atoms with E-state index in [4.69, 9.17) is 14.2 Å². The number of fused-ring (bicyclic) bond motifs is 1. The SMILES string of the molecule is O=C(NCc1ccc2c(c1)OCO2)c1csc(COc2ccc(F)cc2F)n1. The van der Waals surface area contributed by atoms with Gasteiger partial charge in [-0.05, 0) is 29.8 Å². The van der Waals surface area contributed by atoms with Crippen molar-refractivity contribution in [2.75, 3.05) is 6.79 Å². The summed E-state index contributed by atoms with van der Waals surface area (Å²) in [6.07, 6.45) is 0. The van der Waals surface area contributed by atoms with Crippen LogP contribution in [0, 0.1) is 11.6 Å². The fraction of sp³-hybridized carbons (Fsp3) is 0.158. The van der Waals surface area contributed by atoms with Gasteiger partial charge in [-0.2, -0.15) is 0 Å². The first-order chi connectivity index (χ1) is 13.6. The third-order valence-electron chi connectivity index (χ3n) is 3.92.